The standard InChI is InChI=1S/C14H19N3O2/c1-3-9-16-13(18)10-17-12-7-5-11(6-8-12)14(19)15-4-2/h3,5-8,17H,1,4,9-10H2,2H3,(H,15,19)(H,16,18). The molecule has 1 aromatic rings. The molecule has 0 heterocycles. The largest absolute Gasteiger partial charge is 0.376 e. The zero-order valence-electron chi connectivity index (χ0n) is 11.0. The van der Waals surface area contributed by atoms with Gasteiger partial charge in [0.2, 0.25) is 5.91 Å². The van der Waals surface area contributed by atoms with Gasteiger partial charge in [0, 0.05) is 24.3 Å². The van der Waals surface area contributed by atoms with Crippen LogP contribution in [-0.4, -0.2) is 31.4 Å². The first-order valence-electron chi connectivity index (χ1n) is 6.17. The molecule has 0 aliphatic heterocycles. The second-order valence-corrected chi connectivity index (χ2v) is 3.88. The van der Waals surface area contributed by atoms with Crippen LogP contribution in [0.25, 0.3) is 0 Å². The van der Waals surface area contributed by atoms with E-state index in [4.69, 9.17) is 0 Å². The number of amides is 2. The molecule has 5 heteroatoms. The lowest BCUT2D eigenvalue weighted by Crippen LogP contribution is -2.29. The molecule has 0 radical (unpaired) electrons. The maximum absolute atomic E-state index is 11.5. The van der Waals surface area contributed by atoms with E-state index in [2.05, 4.69) is 22.5 Å². The lowest BCUT2D eigenvalue weighted by atomic mass is 10.2. The van der Waals surface area contributed by atoms with Gasteiger partial charge in [0.25, 0.3) is 5.91 Å². The number of nitrogens with one attached hydrogen (secondary N) is 3. The Morgan fingerprint density at radius 2 is 1.89 bits per heavy atom. The van der Waals surface area contributed by atoms with Crippen LogP contribution in [0, 0.1) is 0 Å². The Labute approximate surface area is 113 Å². The normalized spacial score (nSPS) is 9.53. The van der Waals surface area contributed by atoms with E-state index in [0.717, 1.165) is 5.69 Å². The van der Waals surface area contributed by atoms with Crippen molar-refractivity contribution < 1.29 is 9.59 Å². The van der Waals surface area contributed by atoms with E-state index in [1.165, 1.54) is 0 Å². The molecule has 2 amide bonds. The number of hydrogen-bond acceptors (Lipinski definition) is 3. The molecule has 3 N–H and O–H groups in total. The Morgan fingerprint density at radius 3 is 2.47 bits per heavy atom. The van der Waals surface area contributed by atoms with Gasteiger partial charge in [-0.2, -0.15) is 0 Å². The summed E-state index contributed by atoms with van der Waals surface area (Å²) in [5.41, 5.74) is 1.39. The molecule has 1 rings (SSSR count). The molecule has 0 saturated heterocycles. The number of carbonyl (C=O) groups excluding carboxylic acids is 2. The third kappa shape index (κ3) is 5.25. The summed E-state index contributed by atoms with van der Waals surface area (Å²) in [4.78, 5) is 22.9. The Hall–Kier alpha value is -2.30. The molecule has 0 spiro atoms. The maximum Gasteiger partial charge on any atom is 0.251 e. The predicted molar refractivity (Wildman–Crippen MR) is 76.1 cm³/mol. The van der Waals surface area contributed by atoms with Crippen molar-refractivity contribution in [2.24, 2.45) is 0 Å². The number of benzene rings is 1. The second-order valence-electron chi connectivity index (χ2n) is 3.88. The van der Waals surface area contributed by atoms with E-state index in [9.17, 15) is 9.59 Å². The molecule has 0 aromatic heterocycles. The molecule has 0 saturated carbocycles. The number of hydrogen-bond donors (Lipinski definition) is 3. The molecule has 102 valence electrons. The van der Waals surface area contributed by atoms with Crippen molar-refractivity contribution in [1.29, 1.82) is 0 Å². The molecular formula is C14H19N3O2. The van der Waals surface area contributed by atoms with Gasteiger partial charge in [-0.3, -0.25) is 9.59 Å². The fourth-order valence-corrected chi connectivity index (χ4v) is 1.43. The van der Waals surface area contributed by atoms with Crippen LogP contribution in [0.4, 0.5) is 5.69 Å². The molecule has 0 aliphatic rings. The van der Waals surface area contributed by atoms with E-state index in [1.807, 2.05) is 6.92 Å². The maximum atomic E-state index is 11.5. The van der Waals surface area contributed by atoms with Crippen molar-refractivity contribution in [3.8, 4) is 0 Å². The number of rotatable bonds is 7. The highest BCUT2D eigenvalue weighted by Crippen LogP contribution is 2.08. The molecule has 5 nitrogen and oxygen atoms in total. The Morgan fingerprint density at radius 1 is 1.21 bits per heavy atom. The van der Waals surface area contributed by atoms with Crippen LogP contribution in [0.3, 0.4) is 0 Å². The van der Waals surface area contributed by atoms with Gasteiger partial charge in [0.1, 0.15) is 0 Å². The molecule has 0 fully saturated rings. The fourth-order valence-electron chi connectivity index (χ4n) is 1.43. The van der Waals surface area contributed by atoms with Crippen LogP contribution in [-0.2, 0) is 4.79 Å². The van der Waals surface area contributed by atoms with Crippen LogP contribution in [0.5, 0.6) is 0 Å². The summed E-state index contributed by atoms with van der Waals surface area (Å²) in [7, 11) is 0. The van der Waals surface area contributed by atoms with Crippen LogP contribution in [0.1, 0.15) is 17.3 Å². The first-order chi connectivity index (χ1) is 9.17. The van der Waals surface area contributed by atoms with Crippen molar-refractivity contribution in [3.63, 3.8) is 0 Å². The zero-order valence-corrected chi connectivity index (χ0v) is 11.0. The van der Waals surface area contributed by atoms with Crippen molar-refractivity contribution in [2.45, 2.75) is 6.92 Å². The van der Waals surface area contributed by atoms with Gasteiger partial charge >= 0.3 is 0 Å². The molecule has 0 atom stereocenters. The van der Waals surface area contributed by atoms with E-state index < -0.39 is 0 Å². The number of anilines is 1. The third-order valence-electron chi connectivity index (χ3n) is 2.38. The summed E-state index contributed by atoms with van der Waals surface area (Å²) in [6, 6.07) is 6.97. The van der Waals surface area contributed by atoms with Gasteiger partial charge in [-0.05, 0) is 31.2 Å². The van der Waals surface area contributed by atoms with Gasteiger partial charge < -0.3 is 16.0 Å². The lowest BCUT2D eigenvalue weighted by molar-refractivity contribution is -0.119. The summed E-state index contributed by atoms with van der Waals surface area (Å²) in [6.07, 6.45) is 1.62. The average molecular weight is 261 g/mol. The minimum absolute atomic E-state index is 0.0993. The minimum Gasteiger partial charge on any atom is -0.376 e. The van der Waals surface area contributed by atoms with Gasteiger partial charge in [-0.25, -0.2) is 0 Å². The van der Waals surface area contributed by atoms with E-state index in [-0.39, 0.29) is 18.4 Å². The first kappa shape index (κ1) is 14.8. The molecule has 0 aliphatic carbocycles. The SMILES string of the molecule is C=CCNC(=O)CNc1ccc(C(=O)NCC)cc1. The van der Waals surface area contributed by atoms with Crippen molar-refractivity contribution >= 4 is 17.5 Å². The van der Waals surface area contributed by atoms with Crippen molar-refractivity contribution in [1.82, 2.24) is 10.6 Å². The quantitative estimate of drug-likeness (QED) is 0.645. The fraction of sp³-hybridized carbons (Fsp3) is 0.286. The third-order valence-corrected chi connectivity index (χ3v) is 2.38. The lowest BCUT2D eigenvalue weighted by Gasteiger charge is -2.07. The highest BCUT2D eigenvalue weighted by atomic mass is 16.2. The predicted octanol–water partition coefficient (Wildman–Crippen LogP) is 1.15. The van der Waals surface area contributed by atoms with Gasteiger partial charge in [-0.15, -0.1) is 6.58 Å². The van der Waals surface area contributed by atoms with Crippen LogP contribution in [0.2, 0.25) is 0 Å². The average Bonchev–Trinajstić information content (AvgIpc) is 2.43. The van der Waals surface area contributed by atoms with Gasteiger partial charge in [0.15, 0.2) is 0 Å². The van der Waals surface area contributed by atoms with Crippen LogP contribution in [0.15, 0.2) is 36.9 Å². The molecular weight excluding hydrogens is 242 g/mol. The molecule has 0 bridgehead atoms. The van der Waals surface area contributed by atoms with E-state index in [1.54, 1.807) is 30.3 Å². The van der Waals surface area contributed by atoms with Crippen LogP contribution >= 0.6 is 0 Å². The first-order valence-corrected chi connectivity index (χ1v) is 6.17. The summed E-state index contributed by atoms with van der Waals surface area (Å²) >= 11 is 0. The second kappa shape index (κ2) is 7.92. The molecule has 1 aromatic carbocycles. The minimum atomic E-state index is -0.104. The molecule has 0 unspecified atom stereocenters. The summed E-state index contributed by atoms with van der Waals surface area (Å²) in [6.45, 7) is 6.63. The van der Waals surface area contributed by atoms with Crippen LogP contribution < -0.4 is 16.0 Å². The van der Waals surface area contributed by atoms with E-state index >= 15 is 0 Å². The van der Waals surface area contributed by atoms with Crippen molar-refractivity contribution in [3.05, 3.63) is 42.5 Å². The van der Waals surface area contributed by atoms with Gasteiger partial charge in [-0.1, -0.05) is 6.08 Å². The van der Waals surface area contributed by atoms with Gasteiger partial charge in [0.05, 0.1) is 6.54 Å². The summed E-state index contributed by atoms with van der Waals surface area (Å²) in [5, 5.41) is 8.36. The Bertz CT molecular complexity index is 441. The topological polar surface area (TPSA) is 70.2 Å². The Balaban J connectivity index is 2.46. The van der Waals surface area contributed by atoms with E-state index in [0.29, 0.717) is 18.7 Å². The highest BCUT2D eigenvalue weighted by molar-refractivity contribution is 5.94. The monoisotopic (exact) mass is 261 g/mol. The molecule has 19 heavy (non-hydrogen) atoms. The highest BCUT2D eigenvalue weighted by Gasteiger charge is 2.04. The van der Waals surface area contributed by atoms with Crippen molar-refractivity contribution in [2.75, 3.05) is 25.0 Å². The Kier molecular flexibility index (Phi) is 6.15. The number of carbonyl (C=O) groups is 2. The summed E-state index contributed by atoms with van der Waals surface area (Å²) < 4.78 is 0. The smallest absolute Gasteiger partial charge is 0.251 e. The summed E-state index contributed by atoms with van der Waals surface area (Å²) in [5.74, 6) is -0.203. The zero-order chi connectivity index (χ0) is 14.1.